The predicted molar refractivity (Wildman–Crippen MR) is 65.3 cm³/mol. The molecule has 0 aromatic rings. The lowest BCUT2D eigenvalue weighted by atomic mass is 9.93. The largest absolute Gasteiger partial charge is 0.295 e. The lowest BCUT2D eigenvalue weighted by Gasteiger charge is -2.31. The van der Waals surface area contributed by atoms with Crippen molar-refractivity contribution in [3.8, 4) is 0 Å². The van der Waals surface area contributed by atoms with Gasteiger partial charge in [0, 0.05) is 18.1 Å². The molecule has 2 aliphatic rings. The summed E-state index contributed by atoms with van der Waals surface area (Å²) in [6.45, 7) is 1.05. The standard InChI is InChI=1S/C12H19NOS/c1-13-7-8-15-9-11(13)12(14)10-5-3-2-4-6-10/h5,11H,2-4,6-9H2,1H3. The van der Waals surface area contributed by atoms with Crippen molar-refractivity contribution in [2.45, 2.75) is 31.7 Å². The topological polar surface area (TPSA) is 20.3 Å². The molecule has 0 amide bonds. The van der Waals surface area contributed by atoms with Crippen LogP contribution in [-0.2, 0) is 4.79 Å². The van der Waals surface area contributed by atoms with E-state index in [1.165, 1.54) is 18.6 Å². The van der Waals surface area contributed by atoms with Gasteiger partial charge in [-0.05, 0) is 38.3 Å². The molecule has 84 valence electrons. The number of carbonyl (C=O) groups excluding carboxylic acids is 1. The molecule has 0 spiro atoms. The summed E-state index contributed by atoms with van der Waals surface area (Å²) in [6, 6.07) is 0.146. The molecule has 0 saturated carbocycles. The number of nitrogens with zero attached hydrogens (tertiary/aromatic N) is 1. The van der Waals surface area contributed by atoms with E-state index in [4.69, 9.17) is 0 Å². The third kappa shape index (κ3) is 2.64. The number of likely N-dealkylation sites (N-methyl/N-ethyl adjacent to an activating group) is 1. The third-order valence-electron chi connectivity index (χ3n) is 3.31. The smallest absolute Gasteiger partial charge is 0.176 e. The van der Waals surface area contributed by atoms with Gasteiger partial charge in [-0.1, -0.05) is 6.08 Å². The molecule has 0 bridgehead atoms. The van der Waals surface area contributed by atoms with Crippen LogP contribution < -0.4 is 0 Å². The Labute approximate surface area is 96.1 Å². The molecule has 1 aliphatic heterocycles. The van der Waals surface area contributed by atoms with E-state index in [1.54, 1.807) is 0 Å². The summed E-state index contributed by atoms with van der Waals surface area (Å²) in [5.74, 6) is 2.54. The first-order valence-electron chi connectivity index (χ1n) is 5.80. The molecule has 0 aromatic carbocycles. The predicted octanol–water partition coefficient (Wildman–Crippen LogP) is 2.10. The Bertz CT molecular complexity index is 275. The molecule has 15 heavy (non-hydrogen) atoms. The zero-order valence-corrected chi connectivity index (χ0v) is 10.2. The summed E-state index contributed by atoms with van der Waals surface area (Å²) >= 11 is 1.91. The van der Waals surface area contributed by atoms with E-state index in [0.29, 0.717) is 5.78 Å². The highest BCUT2D eigenvalue weighted by atomic mass is 32.2. The number of carbonyl (C=O) groups is 1. The number of ketones is 1. The van der Waals surface area contributed by atoms with Crippen LogP contribution in [0.1, 0.15) is 25.7 Å². The van der Waals surface area contributed by atoms with Crippen LogP contribution in [0.25, 0.3) is 0 Å². The summed E-state index contributed by atoms with van der Waals surface area (Å²) in [5, 5.41) is 0. The number of Topliss-reactive ketones (excluding diaryl/α,β-unsaturated/α-hetero) is 1. The van der Waals surface area contributed by atoms with Gasteiger partial charge in [-0.25, -0.2) is 0 Å². The second-order valence-corrected chi connectivity index (χ2v) is 5.56. The van der Waals surface area contributed by atoms with Crippen LogP contribution in [-0.4, -0.2) is 41.8 Å². The third-order valence-corrected chi connectivity index (χ3v) is 4.33. The van der Waals surface area contributed by atoms with Gasteiger partial charge in [0.05, 0.1) is 6.04 Å². The Morgan fingerprint density at radius 2 is 2.40 bits per heavy atom. The molecule has 1 fully saturated rings. The average molecular weight is 225 g/mol. The highest BCUT2D eigenvalue weighted by molar-refractivity contribution is 7.99. The minimum absolute atomic E-state index is 0.146. The van der Waals surface area contributed by atoms with E-state index in [-0.39, 0.29) is 6.04 Å². The highest BCUT2D eigenvalue weighted by Gasteiger charge is 2.28. The van der Waals surface area contributed by atoms with Gasteiger partial charge in [-0.15, -0.1) is 0 Å². The van der Waals surface area contributed by atoms with Gasteiger partial charge < -0.3 is 0 Å². The average Bonchev–Trinajstić information content (AvgIpc) is 2.30. The van der Waals surface area contributed by atoms with Crippen molar-refractivity contribution in [2.75, 3.05) is 25.1 Å². The van der Waals surface area contributed by atoms with Gasteiger partial charge in [0.2, 0.25) is 0 Å². The highest BCUT2D eigenvalue weighted by Crippen LogP contribution is 2.23. The van der Waals surface area contributed by atoms with Crippen LogP contribution >= 0.6 is 11.8 Å². The van der Waals surface area contributed by atoms with Crippen molar-refractivity contribution >= 4 is 17.5 Å². The van der Waals surface area contributed by atoms with E-state index < -0.39 is 0 Å². The fourth-order valence-electron chi connectivity index (χ4n) is 2.24. The normalized spacial score (nSPS) is 28.6. The van der Waals surface area contributed by atoms with Gasteiger partial charge >= 0.3 is 0 Å². The second kappa shape index (κ2) is 5.17. The van der Waals surface area contributed by atoms with Crippen LogP contribution in [0.3, 0.4) is 0 Å². The van der Waals surface area contributed by atoms with Crippen molar-refractivity contribution in [3.63, 3.8) is 0 Å². The minimum Gasteiger partial charge on any atom is -0.295 e. The molecule has 0 aromatic heterocycles. The molecule has 3 heteroatoms. The Hall–Kier alpha value is -0.280. The first-order chi connectivity index (χ1) is 7.29. The van der Waals surface area contributed by atoms with Crippen molar-refractivity contribution in [2.24, 2.45) is 0 Å². The van der Waals surface area contributed by atoms with E-state index in [9.17, 15) is 4.79 Å². The summed E-state index contributed by atoms with van der Waals surface area (Å²) in [6.07, 6.45) is 6.73. The zero-order chi connectivity index (χ0) is 10.7. The summed E-state index contributed by atoms with van der Waals surface area (Å²) in [4.78, 5) is 14.5. The lowest BCUT2D eigenvalue weighted by molar-refractivity contribution is -0.119. The molecule has 0 N–H and O–H groups in total. The van der Waals surface area contributed by atoms with Gasteiger partial charge in [-0.3, -0.25) is 9.69 Å². The van der Waals surface area contributed by atoms with Crippen LogP contribution in [0.5, 0.6) is 0 Å². The van der Waals surface area contributed by atoms with Crippen LogP contribution in [0, 0.1) is 0 Å². The van der Waals surface area contributed by atoms with E-state index in [0.717, 1.165) is 30.7 Å². The van der Waals surface area contributed by atoms with Crippen LogP contribution in [0.15, 0.2) is 11.6 Å². The van der Waals surface area contributed by atoms with Crippen LogP contribution in [0.2, 0.25) is 0 Å². The fourth-order valence-corrected chi connectivity index (χ4v) is 3.45. The molecule has 2 nitrogen and oxygen atoms in total. The maximum Gasteiger partial charge on any atom is 0.176 e. The number of allylic oxidation sites excluding steroid dienone is 1. The number of hydrogen-bond donors (Lipinski definition) is 0. The molecule has 1 atom stereocenters. The maximum absolute atomic E-state index is 12.2. The first-order valence-corrected chi connectivity index (χ1v) is 6.96. The Morgan fingerprint density at radius 1 is 1.53 bits per heavy atom. The van der Waals surface area contributed by atoms with Crippen LogP contribution in [0.4, 0.5) is 0 Å². The first kappa shape index (κ1) is 11.2. The SMILES string of the molecule is CN1CCSCC1C(=O)C1=CCCCC1. The molecular formula is C12H19NOS. The van der Waals surface area contributed by atoms with Crippen molar-refractivity contribution < 1.29 is 4.79 Å². The zero-order valence-electron chi connectivity index (χ0n) is 9.37. The van der Waals surface area contributed by atoms with Gasteiger partial charge in [-0.2, -0.15) is 11.8 Å². The quantitative estimate of drug-likeness (QED) is 0.718. The molecule has 1 unspecified atom stereocenters. The molecular weight excluding hydrogens is 206 g/mol. The Morgan fingerprint density at radius 3 is 3.07 bits per heavy atom. The monoisotopic (exact) mass is 225 g/mol. The summed E-state index contributed by atoms with van der Waals surface area (Å²) in [7, 11) is 2.08. The number of thioether (sulfide) groups is 1. The Kier molecular flexibility index (Phi) is 3.87. The number of rotatable bonds is 2. The van der Waals surface area contributed by atoms with Crippen molar-refractivity contribution in [1.29, 1.82) is 0 Å². The van der Waals surface area contributed by atoms with E-state index in [1.807, 2.05) is 11.8 Å². The number of hydrogen-bond acceptors (Lipinski definition) is 3. The molecule has 1 aliphatic carbocycles. The Balaban J connectivity index is 2.02. The summed E-state index contributed by atoms with van der Waals surface area (Å²) < 4.78 is 0. The lowest BCUT2D eigenvalue weighted by Crippen LogP contribution is -2.45. The molecule has 1 heterocycles. The molecule has 2 rings (SSSR count). The van der Waals surface area contributed by atoms with Crippen molar-refractivity contribution in [3.05, 3.63) is 11.6 Å². The maximum atomic E-state index is 12.2. The second-order valence-electron chi connectivity index (χ2n) is 4.41. The van der Waals surface area contributed by atoms with E-state index >= 15 is 0 Å². The fraction of sp³-hybridized carbons (Fsp3) is 0.750. The van der Waals surface area contributed by atoms with Crippen molar-refractivity contribution in [1.82, 2.24) is 4.90 Å². The van der Waals surface area contributed by atoms with Gasteiger partial charge in [0.25, 0.3) is 0 Å². The van der Waals surface area contributed by atoms with E-state index in [2.05, 4.69) is 18.0 Å². The van der Waals surface area contributed by atoms with Gasteiger partial charge in [0.1, 0.15) is 0 Å². The summed E-state index contributed by atoms with van der Waals surface area (Å²) in [5.41, 5.74) is 1.10. The van der Waals surface area contributed by atoms with Gasteiger partial charge in [0.15, 0.2) is 5.78 Å². The molecule has 1 saturated heterocycles. The molecule has 0 radical (unpaired) electrons. The minimum atomic E-state index is 0.146.